The molecule has 17 heteroatoms. The molecule has 0 radical (unpaired) electrons. The van der Waals surface area contributed by atoms with Crippen LogP contribution >= 0.6 is 7.82 Å². The molecule has 3 saturated heterocycles. The van der Waals surface area contributed by atoms with Gasteiger partial charge < -0.3 is 29.7 Å². The van der Waals surface area contributed by atoms with Crippen LogP contribution in [0.4, 0.5) is 4.79 Å². The molecular formula is C20H27N4O12P. The Hall–Kier alpha value is -2.27. The van der Waals surface area contributed by atoms with Gasteiger partial charge in [0.25, 0.3) is 5.91 Å². The number of rotatable bonds is 1. The molecule has 204 valence electrons. The van der Waals surface area contributed by atoms with Crippen molar-refractivity contribution in [3.05, 3.63) is 27.9 Å². The highest BCUT2D eigenvalue weighted by Gasteiger charge is 2.56. The van der Waals surface area contributed by atoms with Crippen molar-refractivity contribution < 1.29 is 52.9 Å². The largest absolute Gasteiger partial charge is 0.472 e. The fraction of sp³-hybridized carbons (Fsp3) is 0.700. The van der Waals surface area contributed by atoms with Crippen LogP contribution in [-0.4, -0.2) is 96.1 Å². The minimum atomic E-state index is -4.78. The molecule has 16 nitrogen and oxygen atoms in total. The molecule has 0 aromatic carbocycles. The third-order valence-corrected chi connectivity index (χ3v) is 8.03. The molecule has 0 aliphatic carbocycles. The van der Waals surface area contributed by atoms with Gasteiger partial charge in [0.1, 0.15) is 36.8 Å². The first-order valence-corrected chi connectivity index (χ1v) is 13.0. The third kappa shape index (κ3) is 4.51. The van der Waals surface area contributed by atoms with E-state index < -0.39 is 87.2 Å². The smallest absolute Gasteiger partial charge is 0.394 e. The highest BCUT2D eigenvalue weighted by Crippen LogP contribution is 2.49. The Labute approximate surface area is 209 Å². The Morgan fingerprint density at radius 1 is 1.22 bits per heavy atom. The van der Waals surface area contributed by atoms with Crippen molar-refractivity contribution >= 4 is 19.8 Å². The fourth-order valence-electron chi connectivity index (χ4n) is 5.11. The normalized spacial score (nSPS) is 42.1. The zero-order valence-electron chi connectivity index (χ0n) is 19.8. The van der Waals surface area contributed by atoms with Gasteiger partial charge in [-0.25, -0.2) is 14.2 Å². The number of nitrogens with zero attached hydrogens (tertiary/aromatic N) is 3. The van der Waals surface area contributed by atoms with Crippen molar-refractivity contribution in [2.24, 2.45) is 0 Å². The summed E-state index contributed by atoms with van der Waals surface area (Å²) in [5, 5.41) is 33.5. The van der Waals surface area contributed by atoms with Crippen LogP contribution in [-0.2, 0) is 27.9 Å². The van der Waals surface area contributed by atoms with Crippen molar-refractivity contribution in [2.45, 2.75) is 75.2 Å². The van der Waals surface area contributed by atoms with Crippen LogP contribution in [0.3, 0.4) is 0 Å². The number of aliphatic hydroxyl groups is 3. The molecule has 5 aliphatic heterocycles. The molecule has 3 amide bonds. The second-order valence-electron chi connectivity index (χ2n) is 9.60. The van der Waals surface area contributed by atoms with Gasteiger partial charge in [0.2, 0.25) is 0 Å². The van der Waals surface area contributed by atoms with Crippen LogP contribution in [0.25, 0.3) is 0 Å². The van der Waals surface area contributed by atoms with Crippen LogP contribution in [0.15, 0.2) is 11.0 Å². The summed E-state index contributed by atoms with van der Waals surface area (Å²) in [6.45, 7) is 1.47. The summed E-state index contributed by atoms with van der Waals surface area (Å²) in [5.74, 6) is -1.04. The number of nitrogens with one attached hydrogen (secondary N) is 1. The number of aliphatic hydroxyl groups excluding tert-OH is 2. The minimum Gasteiger partial charge on any atom is -0.394 e. The fourth-order valence-corrected chi connectivity index (χ4v) is 6.07. The topological polar surface area (TPSA) is 219 Å². The Kier molecular flexibility index (Phi) is 6.54. The van der Waals surface area contributed by atoms with Crippen molar-refractivity contribution in [1.82, 2.24) is 19.8 Å². The van der Waals surface area contributed by atoms with Crippen LogP contribution < -0.4 is 11.0 Å². The monoisotopic (exact) mass is 547 g/mol. The summed E-state index contributed by atoms with van der Waals surface area (Å²) in [7, 11) is -4.78. The molecule has 5 N–H and O–H groups in total. The molecule has 5 aliphatic rings. The second kappa shape index (κ2) is 9.18. The molecular weight excluding hydrogens is 520 g/mol. The van der Waals surface area contributed by atoms with E-state index in [9.17, 15) is 39.2 Å². The molecule has 0 saturated carbocycles. The maximum atomic E-state index is 13.1. The maximum Gasteiger partial charge on any atom is 0.472 e. The number of carbonyl (C=O) groups is 2. The Morgan fingerprint density at radius 2 is 1.95 bits per heavy atom. The molecule has 0 spiro atoms. The number of fused-ring (bicyclic) bond motifs is 5. The lowest BCUT2D eigenvalue weighted by Crippen LogP contribution is -2.67. The predicted octanol–water partition coefficient (Wildman–Crippen LogP) is -1.83. The molecule has 1 aromatic heterocycles. The van der Waals surface area contributed by atoms with Crippen LogP contribution in [0.5, 0.6) is 0 Å². The molecule has 6 rings (SSSR count). The first kappa shape index (κ1) is 26.3. The maximum absolute atomic E-state index is 13.1. The average molecular weight is 547 g/mol. The van der Waals surface area contributed by atoms with Gasteiger partial charge in [-0.1, -0.05) is 0 Å². The van der Waals surface area contributed by atoms with E-state index in [1.54, 1.807) is 6.92 Å². The number of carbonyl (C=O) groups excluding carboxylic acids is 2. The van der Waals surface area contributed by atoms with E-state index in [1.165, 1.54) is 6.20 Å². The number of aromatic nitrogens is 2. The second-order valence-corrected chi connectivity index (χ2v) is 11.0. The van der Waals surface area contributed by atoms with E-state index in [-0.39, 0.29) is 18.5 Å². The minimum absolute atomic E-state index is 0.0652. The van der Waals surface area contributed by atoms with E-state index in [4.69, 9.17) is 18.5 Å². The number of hydrogen-bond acceptors (Lipinski definition) is 12. The molecule has 3 fully saturated rings. The number of phosphoric acid groups is 1. The van der Waals surface area contributed by atoms with E-state index in [1.807, 2.05) is 5.32 Å². The van der Waals surface area contributed by atoms with Crippen molar-refractivity contribution in [3.63, 3.8) is 0 Å². The van der Waals surface area contributed by atoms with Crippen molar-refractivity contribution in [2.75, 3.05) is 13.2 Å². The Morgan fingerprint density at radius 3 is 2.65 bits per heavy atom. The Bertz CT molecular complexity index is 1220. The number of urea groups is 1. The lowest BCUT2D eigenvalue weighted by atomic mass is 9.87. The SMILES string of the molecule is Cc1cn2c(=O)[15n]c1[C@@H]1N(C(=O)NC(=O)[C@]1(C)O)[C@H]1C[C@H](OP(=O)(O)OC[C@H]3O[C@@H]2C[C@@H]3O)[C@@H](CO)O1. The zero-order chi connectivity index (χ0) is 26.9. The van der Waals surface area contributed by atoms with E-state index in [0.717, 1.165) is 16.4 Å². The van der Waals surface area contributed by atoms with Gasteiger partial charge in [-0.3, -0.25) is 28.6 Å². The van der Waals surface area contributed by atoms with Gasteiger partial charge >= 0.3 is 19.5 Å². The number of hydrogen-bond donors (Lipinski definition) is 5. The van der Waals surface area contributed by atoms with Gasteiger partial charge in [0, 0.05) is 19.0 Å². The van der Waals surface area contributed by atoms with Crippen LogP contribution in [0, 0.1) is 6.92 Å². The number of amides is 3. The summed E-state index contributed by atoms with van der Waals surface area (Å²) in [4.78, 5) is 54.0. The lowest BCUT2D eigenvalue weighted by molar-refractivity contribution is -0.159. The molecule has 37 heavy (non-hydrogen) atoms. The zero-order valence-corrected chi connectivity index (χ0v) is 20.7. The van der Waals surface area contributed by atoms with Crippen molar-refractivity contribution in [1.29, 1.82) is 0 Å². The first-order valence-electron chi connectivity index (χ1n) is 11.5. The van der Waals surface area contributed by atoms with Crippen molar-refractivity contribution in [3.8, 4) is 0 Å². The lowest BCUT2D eigenvalue weighted by Gasteiger charge is -2.45. The number of aryl methyl sites for hydroxylation is 1. The standard InChI is InChI=1S/C20H27N4O12P/c1-8-5-23-13-3-9(26)12(35-13)7-33-37(31,32)36-10-4-14(34-11(10)6-25)24-16(15(8)21-18(23)28)20(2,30)17(27)22-19(24)29/h5,9-14,16,25-26,30H,3-4,6-7H2,1-2H3,(H,31,32)(H,22,27,29)/t9-,10-,11+,12+,13+,14+,16-,20+/m0/s1/i21+1. The van der Waals surface area contributed by atoms with Gasteiger partial charge in [0.05, 0.1) is 25.0 Å². The summed E-state index contributed by atoms with van der Waals surface area (Å²) in [6.07, 6.45) is -5.94. The summed E-state index contributed by atoms with van der Waals surface area (Å²) in [6, 6.07) is -2.50. The summed E-state index contributed by atoms with van der Waals surface area (Å²) in [5.41, 5.74) is -2.92. The molecule has 6 bridgehead atoms. The first-order chi connectivity index (χ1) is 17.3. The number of phosphoric ester groups is 1. The van der Waals surface area contributed by atoms with E-state index in [2.05, 4.69) is 4.98 Å². The summed E-state index contributed by atoms with van der Waals surface area (Å²) < 4.78 is 35.4. The molecule has 9 atom stereocenters. The van der Waals surface area contributed by atoms with Crippen LogP contribution in [0.2, 0.25) is 0 Å². The van der Waals surface area contributed by atoms with E-state index in [0.29, 0.717) is 5.56 Å². The number of ether oxygens (including phenoxy) is 2. The highest BCUT2D eigenvalue weighted by molar-refractivity contribution is 7.47. The average Bonchev–Trinajstić information content (AvgIpc) is 3.38. The number of imide groups is 1. The third-order valence-electron chi connectivity index (χ3n) is 7.01. The summed E-state index contributed by atoms with van der Waals surface area (Å²) >= 11 is 0. The van der Waals surface area contributed by atoms with Gasteiger partial charge in [-0.05, 0) is 19.4 Å². The molecule has 1 aromatic rings. The van der Waals surface area contributed by atoms with Gasteiger partial charge in [-0.15, -0.1) is 0 Å². The quantitative estimate of drug-likeness (QED) is 0.245. The van der Waals surface area contributed by atoms with Gasteiger partial charge in [0.15, 0.2) is 5.60 Å². The molecule has 1 unspecified atom stereocenters. The Balaban J connectivity index is 1.66. The van der Waals surface area contributed by atoms with E-state index >= 15 is 0 Å². The predicted molar refractivity (Wildman–Crippen MR) is 118 cm³/mol. The van der Waals surface area contributed by atoms with Gasteiger partial charge in [-0.2, -0.15) is 4.98 Å². The molecule has 6 heterocycles. The van der Waals surface area contributed by atoms with Crippen LogP contribution in [0.1, 0.15) is 43.3 Å². The highest BCUT2D eigenvalue weighted by atomic mass is 31.2.